The largest absolute Gasteiger partial charge is 0.454 e. The van der Waals surface area contributed by atoms with Crippen molar-refractivity contribution in [3.05, 3.63) is 29.2 Å². The summed E-state index contributed by atoms with van der Waals surface area (Å²) < 4.78 is 18.3. The highest BCUT2D eigenvalue weighted by Gasteiger charge is 2.54. The molecule has 164 valence electrons. The van der Waals surface area contributed by atoms with Crippen LogP contribution in [0.15, 0.2) is 29.4 Å². The SMILES string of the molecule is COCCn1cc(-c2ccc3c(c2)OCO3)s/c1=N\C(=O)C12CC3CC(CC(C3)C1)C2. The Labute approximate surface area is 185 Å². The van der Waals surface area contributed by atoms with E-state index in [9.17, 15) is 4.79 Å². The minimum absolute atomic E-state index is 0.108. The number of aromatic nitrogens is 1. The third-order valence-electron chi connectivity index (χ3n) is 7.60. The molecule has 4 fully saturated rings. The Balaban J connectivity index is 1.35. The third-order valence-corrected chi connectivity index (χ3v) is 8.67. The number of thiazole rings is 1. The zero-order chi connectivity index (χ0) is 21.0. The first-order valence-electron chi connectivity index (χ1n) is 11.3. The van der Waals surface area contributed by atoms with Crippen LogP contribution in [0.1, 0.15) is 38.5 Å². The van der Waals surface area contributed by atoms with Crippen molar-refractivity contribution in [2.24, 2.45) is 28.2 Å². The maximum Gasteiger partial charge on any atom is 0.254 e. The molecule has 0 atom stereocenters. The second-order valence-electron chi connectivity index (χ2n) is 9.75. The smallest absolute Gasteiger partial charge is 0.254 e. The number of hydrogen-bond donors (Lipinski definition) is 0. The molecule has 31 heavy (non-hydrogen) atoms. The lowest BCUT2D eigenvalue weighted by atomic mass is 9.49. The van der Waals surface area contributed by atoms with Gasteiger partial charge in [0.1, 0.15) is 0 Å². The van der Waals surface area contributed by atoms with Crippen LogP contribution in [0.5, 0.6) is 11.5 Å². The molecule has 0 spiro atoms. The number of ether oxygens (including phenoxy) is 3. The Morgan fingerprint density at radius 3 is 2.58 bits per heavy atom. The van der Waals surface area contributed by atoms with Crippen molar-refractivity contribution in [1.82, 2.24) is 4.57 Å². The number of carbonyl (C=O) groups excluding carboxylic acids is 1. The van der Waals surface area contributed by atoms with E-state index in [2.05, 4.69) is 10.8 Å². The molecule has 0 N–H and O–H groups in total. The molecule has 4 saturated carbocycles. The quantitative estimate of drug-likeness (QED) is 0.698. The van der Waals surface area contributed by atoms with Gasteiger partial charge in [0.25, 0.3) is 5.91 Å². The lowest BCUT2D eigenvalue weighted by molar-refractivity contribution is -0.142. The van der Waals surface area contributed by atoms with Gasteiger partial charge in [-0.05, 0) is 80.0 Å². The van der Waals surface area contributed by atoms with Gasteiger partial charge in [-0.3, -0.25) is 4.79 Å². The summed E-state index contributed by atoms with van der Waals surface area (Å²) in [6.07, 6.45) is 9.18. The number of nitrogens with zero attached hydrogens (tertiary/aromatic N) is 2. The Kier molecular flexibility index (Phi) is 4.72. The van der Waals surface area contributed by atoms with Crippen molar-refractivity contribution in [1.29, 1.82) is 0 Å². The van der Waals surface area contributed by atoms with E-state index in [0.717, 1.165) is 63.8 Å². The molecule has 2 heterocycles. The van der Waals surface area contributed by atoms with Gasteiger partial charge in [0.2, 0.25) is 6.79 Å². The first-order valence-corrected chi connectivity index (χ1v) is 12.1. The average molecular weight is 441 g/mol. The van der Waals surface area contributed by atoms with Gasteiger partial charge in [0.05, 0.1) is 16.9 Å². The number of fused-ring (bicyclic) bond motifs is 1. The van der Waals surface area contributed by atoms with Gasteiger partial charge in [-0.1, -0.05) is 11.3 Å². The molecule has 1 aromatic carbocycles. The van der Waals surface area contributed by atoms with Crippen LogP contribution < -0.4 is 14.3 Å². The van der Waals surface area contributed by atoms with Crippen LogP contribution in [-0.2, 0) is 16.1 Å². The summed E-state index contributed by atoms with van der Waals surface area (Å²) in [4.78, 5) is 20.1. The molecule has 1 aliphatic heterocycles. The number of rotatable bonds is 5. The summed E-state index contributed by atoms with van der Waals surface area (Å²) >= 11 is 1.56. The number of hydrogen-bond acceptors (Lipinski definition) is 5. The van der Waals surface area contributed by atoms with E-state index >= 15 is 0 Å². The fraction of sp³-hybridized carbons (Fsp3) is 0.583. The third kappa shape index (κ3) is 3.42. The van der Waals surface area contributed by atoms with E-state index < -0.39 is 0 Å². The molecule has 1 aromatic heterocycles. The minimum Gasteiger partial charge on any atom is -0.454 e. The lowest BCUT2D eigenvalue weighted by Crippen LogP contribution is -2.49. The normalized spacial score (nSPS) is 30.9. The van der Waals surface area contributed by atoms with E-state index in [0.29, 0.717) is 13.2 Å². The molecule has 2 aromatic rings. The first-order chi connectivity index (χ1) is 15.1. The van der Waals surface area contributed by atoms with Crippen LogP contribution in [0.3, 0.4) is 0 Å². The first kappa shape index (κ1) is 19.6. The van der Waals surface area contributed by atoms with Crippen molar-refractivity contribution in [3.63, 3.8) is 0 Å². The summed E-state index contributed by atoms with van der Waals surface area (Å²) in [5, 5.41) is 0. The second-order valence-corrected chi connectivity index (χ2v) is 10.8. The average Bonchev–Trinajstić information content (AvgIpc) is 3.37. The molecule has 5 aliphatic rings. The summed E-state index contributed by atoms with van der Waals surface area (Å²) in [6, 6.07) is 5.97. The summed E-state index contributed by atoms with van der Waals surface area (Å²) in [7, 11) is 1.70. The van der Waals surface area contributed by atoms with Gasteiger partial charge in [0.15, 0.2) is 16.3 Å². The van der Waals surface area contributed by atoms with E-state index in [1.165, 1.54) is 19.3 Å². The van der Waals surface area contributed by atoms with E-state index in [4.69, 9.17) is 19.2 Å². The van der Waals surface area contributed by atoms with Gasteiger partial charge < -0.3 is 18.8 Å². The minimum atomic E-state index is -0.212. The number of carbonyl (C=O) groups is 1. The maximum atomic E-state index is 13.6. The molecule has 6 nitrogen and oxygen atoms in total. The number of benzene rings is 1. The van der Waals surface area contributed by atoms with Crippen molar-refractivity contribution < 1.29 is 19.0 Å². The van der Waals surface area contributed by atoms with Gasteiger partial charge >= 0.3 is 0 Å². The Morgan fingerprint density at radius 1 is 1.16 bits per heavy atom. The molecule has 7 rings (SSSR count). The van der Waals surface area contributed by atoms with E-state index in [-0.39, 0.29) is 18.1 Å². The Bertz CT molecular complexity index is 1050. The monoisotopic (exact) mass is 440 g/mol. The predicted octanol–water partition coefficient (Wildman–Crippen LogP) is 4.24. The van der Waals surface area contributed by atoms with Crippen LogP contribution >= 0.6 is 11.3 Å². The fourth-order valence-electron chi connectivity index (χ4n) is 6.58. The summed E-state index contributed by atoms with van der Waals surface area (Å²) in [6.45, 7) is 1.51. The highest BCUT2D eigenvalue weighted by Crippen LogP contribution is 2.60. The molecular formula is C24H28N2O4S. The van der Waals surface area contributed by atoms with Crippen molar-refractivity contribution in [3.8, 4) is 21.9 Å². The molecule has 1 amide bonds. The number of methoxy groups -OCH3 is 1. The van der Waals surface area contributed by atoms with Crippen LogP contribution in [-0.4, -0.2) is 31.0 Å². The number of amides is 1. The molecule has 0 saturated heterocycles. The van der Waals surface area contributed by atoms with Crippen molar-refractivity contribution >= 4 is 17.2 Å². The molecule has 0 unspecified atom stereocenters. The van der Waals surface area contributed by atoms with Crippen molar-refractivity contribution in [2.75, 3.05) is 20.5 Å². The molecule has 4 aliphatic carbocycles. The van der Waals surface area contributed by atoms with Gasteiger partial charge in [-0.25, -0.2) is 0 Å². The van der Waals surface area contributed by atoms with Gasteiger partial charge in [-0.2, -0.15) is 4.99 Å². The standard InChI is InChI=1S/C24H28N2O4S/c1-28-5-4-26-13-21(18-2-3-19-20(9-18)30-14-29-19)31-23(26)25-22(27)24-10-15-6-16(11-24)8-17(7-15)12-24/h2-3,9,13,15-17H,4-8,10-12,14H2,1H3/b25-23-. The van der Waals surface area contributed by atoms with Gasteiger partial charge in [-0.15, -0.1) is 0 Å². The van der Waals surface area contributed by atoms with Gasteiger partial charge in [0, 0.05) is 19.9 Å². The lowest BCUT2D eigenvalue weighted by Gasteiger charge is -2.55. The summed E-state index contributed by atoms with van der Waals surface area (Å²) in [5.74, 6) is 3.85. The maximum absolute atomic E-state index is 13.6. The van der Waals surface area contributed by atoms with E-state index in [1.54, 1.807) is 18.4 Å². The molecule has 0 radical (unpaired) electrons. The predicted molar refractivity (Wildman–Crippen MR) is 117 cm³/mol. The molecule has 7 heteroatoms. The zero-order valence-electron chi connectivity index (χ0n) is 17.8. The van der Waals surface area contributed by atoms with Crippen LogP contribution in [0.2, 0.25) is 0 Å². The van der Waals surface area contributed by atoms with Crippen molar-refractivity contribution in [2.45, 2.75) is 45.1 Å². The zero-order valence-corrected chi connectivity index (χ0v) is 18.7. The highest BCUT2D eigenvalue weighted by molar-refractivity contribution is 7.12. The Morgan fingerprint density at radius 2 is 1.87 bits per heavy atom. The highest BCUT2D eigenvalue weighted by atomic mass is 32.1. The van der Waals surface area contributed by atoms with Crippen LogP contribution in [0.4, 0.5) is 0 Å². The molecular weight excluding hydrogens is 412 g/mol. The topological polar surface area (TPSA) is 62.1 Å². The van der Waals surface area contributed by atoms with E-state index in [1.807, 2.05) is 18.2 Å². The fourth-order valence-corrected chi connectivity index (χ4v) is 7.59. The summed E-state index contributed by atoms with van der Waals surface area (Å²) in [5.41, 5.74) is 0.834. The van der Waals surface area contributed by atoms with Crippen LogP contribution in [0, 0.1) is 23.2 Å². The molecule has 4 bridgehead atoms. The van der Waals surface area contributed by atoms with Crippen LogP contribution in [0.25, 0.3) is 10.4 Å². The Hall–Kier alpha value is -2.12. The second kappa shape index (κ2) is 7.48.